The number of pyridine rings is 2. The first-order valence-corrected chi connectivity index (χ1v) is 10.1. The fourth-order valence-corrected chi connectivity index (χ4v) is 3.69. The first kappa shape index (κ1) is 20.8. The standard InChI is InChI=1S/C22H23FN4O4/c1-2-31-22(30)17-11-25-20-16(19(17)29)9-18(23)21(26-20)27-8-7-14(12-27)24-10-13-3-5-15(28)6-4-13/h3-6,9,11,14,24,28H,2,7-8,10,12H2,1H3,(H,25,26,29). The summed E-state index contributed by atoms with van der Waals surface area (Å²) in [5, 5.41) is 12.8. The maximum Gasteiger partial charge on any atom is 0.343 e. The minimum Gasteiger partial charge on any atom is -0.508 e. The molecule has 1 aliphatic rings. The molecule has 1 saturated heterocycles. The van der Waals surface area contributed by atoms with Gasteiger partial charge in [-0.3, -0.25) is 4.79 Å². The van der Waals surface area contributed by atoms with Crippen molar-refractivity contribution in [3.05, 3.63) is 63.7 Å². The molecule has 0 saturated carbocycles. The van der Waals surface area contributed by atoms with Crippen molar-refractivity contribution >= 4 is 22.8 Å². The lowest BCUT2D eigenvalue weighted by Gasteiger charge is -2.19. The maximum absolute atomic E-state index is 14.8. The lowest BCUT2D eigenvalue weighted by atomic mass is 10.2. The van der Waals surface area contributed by atoms with E-state index in [1.807, 2.05) is 17.0 Å². The fraction of sp³-hybridized carbons (Fsp3) is 0.318. The molecule has 1 aromatic carbocycles. The number of aromatic nitrogens is 2. The highest BCUT2D eigenvalue weighted by atomic mass is 19.1. The van der Waals surface area contributed by atoms with Crippen LogP contribution >= 0.6 is 0 Å². The van der Waals surface area contributed by atoms with Crippen LogP contribution in [0, 0.1) is 5.82 Å². The van der Waals surface area contributed by atoms with E-state index in [1.165, 1.54) is 6.20 Å². The third kappa shape index (κ3) is 4.36. The predicted molar refractivity (Wildman–Crippen MR) is 114 cm³/mol. The molecule has 0 radical (unpaired) electrons. The van der Waals surface area contributed by atoms with E-state index in [9.17, 15) is 19.1 Å². The molecule has 1 atom stereocenters. The zero-order valence-electron chi connectivity index (χ0n) is 17.0. The Labute approximate surface area is 177 Å². The van der Waals surface area contributed by atoms with Gasteiger partial charge in [0.1, 0.15) is 17.0 Å². The minimum absolute atomic E-state index is 0.00741. The van der Waals surface area contributed by atoms with Crippen LogP contribution in [0.5, 0.6) is 5.75 Å². The number of carbonyl (C=O) groups is 1. The highest BCUT2D eigenvalue weighted by Crippen LogP contribution is 2.24. The lowest BCUT2D eigenvalue weighted by molar-refractivity contribution is 0.0524. The molecule has 2 aromatic heterocycles. The van der Waals surface area contributed by atoms with Gasteiger partial charge in [-0.1, -0.05) is 12.1 Å². The second-order valence-corrected chi connectivity index (χ2v) is 7.42. The molecular formula is C22H23FN4O4. The normalized spacial score (nSPS) is 16.1. The number of rotatable bonds is 6. The lowest BCUT2D eigenvalue weighted by Crippen LogP contribution is -2.32. The molecule has 0 aliphatic carbocycles. The molecule has 0 amide bonds. The Hall–Kier alpha value is -3.46. The maximum atomic E-state index is 14.8. The van der Waals surface area contributed by atoms with Crippen molar-refractivity contribution < 1.29 is 19.0 Å². The summed E-state index contributed by atoms with van der Waals surface area (Å²) in [6.45, 7) is 3.60. The average molecular weight is 426 g/mol. The van der Waals surface area contributed by atoms with Crippen molar-refractivity contribution in [3.63, 3.8) is 0 Å². The van der Waals surface area contributed by atoms with Gasteiger partial charge in [0.25, 0.3) is 0 Å². The van der Waals surface area contributed by atoms with Gasteiger partial charge in [-0.15, -0.1) is 0 Å². The van der Waals surface area contributed by atoms with Crippen LogP contribution in [0.4, 0.5) is 10.2 Å². The zero-order valence-corrected chi connectivity index (χ0v) is 17.0. The molecule has 31 heavy (non-hydrogen) atoms. The molecule has 1 unspecified atom stereocenters. The first-order chi connectivity index (χ1) is 15.0. The molecule has 4 rings (SSSR count). The van der Waals surface area contributed by atoms with Crippen molar-refractivity contribution in [1.29, 1.82) is 0 Å². The summed E-state index contributed by atoms with van der Waals surface area (Å²) in [7, 11) is 0. The van der Waals surface area contributed by atoms with E-state index in [1.54, 1.807) is 19.1 Å². The van der Waals surface area contributed by atoms with Gasteiger partial charge in [0.05, 0.1) is 12.0 Å². The van der Waals surface area contributed by atoms with Gasteiger partial charge in [-0.25, -0.2) is 14.2 Å². The van der Waals surface area contributed by atoms with Crippen molar-refractivity contribution in [2.45, 2.75) is 25.9 Å². The molecule has 8 nitrogen and oxygen atoms in total. The molecule has 3 aromatic rings. The second kappa shape index (κ2) is 8.73. The Balaban J connectivity index is 1.50. The third-order valence-electron chi connectivity index (χ3n) is 5.31. The molecular weight excluding hydrogens is 403 g/mol. The number of ether oxygens (including phenoxy) is 1. The number of phenols is 1. The Morgan fingerprint density at radius 2 is 2.16 bits per heavy atom. The molecule has 3 N–H and O–H groups in total. The number of hydrogen-bond acceptors (Lipinski definition) is 7. The van der Waals surface area contributed by atoms with Gasteiger partial charge in [0.2, 0.25) is 5.43 Å². The summed E-state index contributed by atoms with van der Waals surface area (Å²) in [4.78, 5) is 33.4. The number of aromatic amines is 1. The van der Waals surface area contributed by atoms with Crippen LogP contribution in [0.25, 0.3) is 11.0 Å². The van der Waals surface area contributed by atoms with E-state index in [4.69, 9.17) is 4.74 Å². The third-order valence-corrected chi connectivity index (χ3v) is 5.31. The highest BCUT2D eigenvalue weighted by Gasteiger charge is 2.26. The number of nitrogens with zero attached hydrogens (tertiary/aromatic N) is 2. The number of anilines is 1. The van der Waals surface area contributed by atoms with Crippen LogP contribution in [0.2, 0.25) is 0 Å². The van der Waals surface area contributed by atoms with Crippen molar-refractivity contribution in [2.75, 3.05) is 24.6 Å². The number of aromatic hydroxyl groups is 1. The van der Waals surface area contributed by atoms with E-state index in [0.717, 1.165) is 18.1 Å². The summed E-state index contributed by atoms with van der Waals surface area (Å²) < 4.78 is 19.7. The number of hydrogen-bond donors (Lipinski definition) is 3. The van der Waals surface area contributed by atoms with Gasteiger partial charge in [-0.05, 0) is 37.1 Å². The SMILES string of the molecule is CCOC(=O)c1c[nH]c2nc(N3CCC(NCc4ccc(O)cc4)C3)c(F)cc2c1=O. The van der Waals surface area contributed by atoms with Gasteiger partial charge >= 0.3 is 5.97 Å². The number of fused-ring (bicyclic) bond motifs is 1. The number of phenolic OH excluding ortho intramolecular Hbond substituents is 1. The summed E-state index contributed by atoms with van der Waals surface area (Å²) in [5.74, 6) is -0.975. The van der Waals surface area contributed by atoms with Crippen LogP contribution < -0.4 is 15.6 Å². The first-order valence-electron chi connectivity index (χ1n) is 10.1. The van der Waals surface area contributed by atoms with E-state index in [-0.39, 0.29) is 40.8 Å². The minimum atomic E-state index is -0.753. The molecule has 0 spiro atoms. The van der Waals surface area contributed by atoms with E-state index < -0.39 is 17.2 Å². The molecule has 3 heterocycles. The number of H-pyrrole nitrogens is 1. The molecule has 9 heteroatoms. The van der Waals surface area contributed by atoms with Crippen molar-refractivity contribution in [1.82, 2.24) is 15.3 Å². The van der Waals surface area contributed by atoms with Crippen molar-refractivity contribution in [2.24, 2.45) is 0 Å². The summed E-state index contributed by atoms with van der Waals surface area (Å²) in [6, 6.07) is 8.24. The topological polar surface area (TPSA) is 108 Å². The van der Waals surface area contributed by atoms with Crippen LogP contribution in [0.15, 0.2) is 41.3 Å². The number of carbonyl (C=O) groups excluding carboxylic acids is 1. The number of nitrogens with one attached hydrogen (secondary N) is 2. The van der Waals surface area contributed by atoms with Gasteiger partial charge in [-0.2, -0.15) is 0 Å². The van der Waals surface area contributed by atoms with Crippen LogP contribution in [-0.4, -0.2) is 46.8 Å². The van der Waals surface area contributed by atoms with Crippen molar-refractivity contribution in [3.8, 4) is 5.75 Å². The summed E-state index contributed by atoms with van der Waals surface area (Å²) >= 11 is 0. The van der Waals surface area contributed by atoms with Gasteiger partial charge in [0, 0.05) is 31.9 Å². The Morgan fingerprint density at radius 1 is 1.39 bits per heavy atom. The summed E-state index contributed by atoms with van der Waals surface area (Å²) in [5.41, 5.74) is 0.471. The average Bonchev–Trinajstić information content (AvgIpc) is 3.22. The van der Waals surface area contributed by atoms with Crippen LogP contribution in [0.1, 0.15) is 29.3 Å². The monoisotopic (exact) mass is 426 g/mol. The van der Waals surface area contributed by atoms with E-state index in [2.05, 4.69) is 15.3 Å². The smallest absolute Gasteiger partial charge is 0.343 e. The van der Waals surface area contributed by atoms with E-state index >= 15 is 0 Å². The van der Waals surface area contributed by atoms with Gasteiger partial charge < -0.3 is 25.0 Å². The second-order valence-electron chi connectivity index (χ2n) is 7.42. The molecule has 162 valence electrons. The highest BCUT2D eigenvalue weighted by molar-refractivity contribution is 5.93. The summed E-state index contributed by atoms with van der Waals surface area (Å²) in [6.07, 6.45) is 2.07. The van der Waals surface area contributed by atoms with Crippen LogP contribution in [0.3, 0.4) is 0 Å². The van der Waals surface area contributed by atoms with E-state index in [0.29, 0.717) is 19.6 Å². The van der Waals surface area contributed by atoms with Crippen LogP contribution in [-0.2, 0) is 11.3 Å². The molecule has 1 aliphatic heterocycles. The zero-order chi connectivity index (χ0) is 22.0. The Kier molecular flexibility index (Phi) is 5.85. The Morgan fingerprint density at radius 3 is 2.90 bits per heavy atom. The number of benzene rings is 1. The fourth-order valence-electron chi connectivity index (χ4n) is 3.69. The predicted octanol–water partition coefficient (Wildman–Crippen LogP) is 2.31. The molecule has 1 fully saturated rings. The number of halogens is 1. The largest absolute Gasteiger partial charge is 0.508 e. The molecule has 0 bridgehead atoms. The van der Waals surface area contributed by atoms with Gasteiger partial charge in [0.15, 0.2) is 11.6 Å². The Bertz CT molecular complexity index is 1160. The quantitative estimate of drug-likeness (QED) is 0.519. The number of esters is 1.